The Kier molecular flexibility index (Phi) is 6.55. The second kappa shape index (κ2) is 8.95. The molecule has 13 heteroatoms. The van der Waals surface area contributed by atoms with Gasteiger partial charge in [0.15, 0.2) is 5.13 Å². The first-order valence-corrected chi connectivity index (χ1v) is 11.1. The quantitative estimate of drug-likeness (QED) is 0.415. The lowest BCUT2D eigenvalue weighted by Gasteiger charge is -2.25. The first-order chi connectivity index (χ1) is 14.2. The number of carbonyl (C=O) groups is 2. The summed E-state index contributed by atoms with van der Waals surface area (Å²) in [5.74, 6) is -2.00. The molecule has 2 aromatic rings. The predicted octanol–water partition coefficient (Wildman–Crippen LogP) is 0.404. The van der Waals surface area contributed by atoms with Crippen molar-refractivity contribution in [1.82, 2.24) is 15.2 Å². The van der Waals surface area contributed by atoms with E-state index in [0.717, 1.165) is 36.6 Å². The molecule has 0 unspecified atom stereocenters. The lowest BCUT2D eigenvalue weighted by Crippen LogP contribution is -2.41. The number of aromatic hydroxyl groups is 1. The van der Waals surface area contributed by atoms with Crippen LogP contribution in [0.5, 0.6) is 5.75 Å². The number of ether oxygens (including phenoxy) is 2. The van der Waals surface area contributed by atoms with Gasteiger partial charge in [0.05, 0.1) is 30.9 Å². The number of carbonyl (C=O) groups excluding carboxylic acids is 2. The van der Waals surface area contributed by atoms with E-state index in [1.54, 1.807) is 6.92 Å². The van der Waals surface area contributed by atoms with Crippen LogP contribution in [0.2, 0.25) is 0 Å². The summed E-state index contributed by atoms with van der Waals surface area (Å²) in [6.45, 7) is 4.11. The summed E-state index contributed by atoms with van der Waals surface area (Å²) in [7, 11) is -3.11. The second-order valence-corrected chi connectivity index (χ2v) is 8.90. The highest BCUT2D eigenvalue weighted by molar-refractivity contribution is 7.89. The van der Waals surface area contributed by atoms with Crippen LogP contribution in [0.15, 0.2) is 23.1 Å². The Morgan fingerprint density at radius 3 is 2.67 bits per heavy atom. The number of phenols is 1. The topological polar surface area (TPSA) is 147 Å². The minimum atomic E-state index is -4.21. The van der Waals surface area contributed by atoms with Crippen molar-refractivity contribution >= 4 is 38.4 Å². The number of methoxy groups -OCH3 is 1. The van der Waals surface area contributed by atoms with Crippen molar-refractivity contribution in [2.45, 2.75) is 11.8 Å². The maximum absolute atomic E-state index is 12.5. The Balaban J connectivity index is 1.72. The molecule has 3 rings (SSSR count). The molecule has 11 nitrogen and oxygen atoms in total. The van der Waals surface area contributed by atoms with Crippen LogP contribution in [-0.4, -0.2) is 63.8 Å². The molecule has 0 atom stereocenters. The molecular weight excluding hydrogens is 436 g/mol. The van der Waals surface area contributed by atoms with E-state index in [0.29, 0.717) is 37.1 Å². The minimum Gasteiger partial charge on any atom is -0.507 e. The van der Waals surface area contributed by atoms with Gasteiger partial charge >= 0.3 is 5.97 Å². The fourth-order valence-electron chi connectivity index (χ4n) is 2.67. The summed E-state index contributed by atoms with van der Waals surface area (Å²) in [5, 5.41) is 10.4. The number of sulfonamides is 1. The lowest BCUT2D eigenvalue weighted by atomic mass is 10.2. The van der Waals surface area contributed by atoms with Crippen molar-refractivity contribution in [2.75, 3.05) is 38.3 Å². The van der Waals surface area contributed by atoms with Gasteiger partial charge in [-0.25, -0.2) is 18.2 Å². The van der Waals surface area contributed by atoms with Crippen LogP contribution in [0.4, 0.5) is 5.13 Å². The molecule has 0 spiro atoms. The number of nitrogens with one attached hydrogen (secondary N) is 2. The number of rotatable bonds is 6. The monoisotopic (exact) mass is 456 g/mol. The third-order valence-corrected chi connectivity index (χ3v) is 6.72. The van der Waals surface area contributed by atoms with E-state index in [9.17, 15) is 23.1 Å². The molecule has 0 aliphatic carbocycles. The molecular formula is C17H20N4O7S2. The minimum absolute atomic E-state index is 0.264. The molecule has 1 aromatic heterocycles. The van der Waals surface area contributed by atoms with Crippen molar-refractivity contribution in [2.24, 2.45) is 0 Å². The lowest BCUT2D eigenvalue weighted by molar-refractivity contribution is 0.0597. The van der Waals surface area contributed by atoms with Crippen molar-refractivity contribution < 1.29 is 32.6 Å². The van der Waals surface area contributed by atoms with Gasteiger partial charge in [-0.3, -0.25) is 10.2 Å². The van der Waals surface area contributed by atoms with E-state index in [1.807, 2.05) is 9.73 Å². The van der Waals surface area contributed by atoms with Gasteiger partial charge in [-0.05, 0) is 25.1 Å². The van der Waals surface area contributed by atoms with E-state index in [4.69, 9.17) is 4.74 Å². The zero-order valence-corrected chi connectivity index (χ0v) is 17.8. The summed E-state index contributed by atoms with van der Waals surface area (Å²) < 4.78 is 34.8. The Bertz CT molecular complexity index is 1060. The molecule has 0 bridgehead atoms. The molecule has 0 radical (unpaired) electrons. The highest BCUT2D eigenvalue weighted by atomic mass is 32.2. The van der Waals surface area contributed by atoms with Gasteiger partial charge in [0, 0.05) is 13.1 Å². The molecule has 1 saturated heterocycles. The van der Waals surface area contributed by atoms with Crippen LogP contribution in [0, 0.1) is 6.92 Å². The smallest absolute Gasteiger partial charge is 0.341 e. The molecule has 0 saturated carbocycles. The second-order valence-electron chi connectivity index (χ2n) is 6.24. The Labute approximate surface area is 176 Å². The fraction of sp³-hybridized carbons (Fsp3) is 0.353. The van der Waals surface area contributed by atoms with Gasteiger partial charge < -0.3 is 19.5 Å². The number of aryl methyl sites for hydroxylation is 1. The van der Waals surface area contributed by atoms with Crippen molar-refractivity contribution in [1.29, 1.82) is 0 Å². The third-order valence-electron chi connectivity index (χ3n) is 4.26. The van der Waals surface area contributed by atoms with E-state index in [1.165, 1.54) is 0 Å². The van der Waals surface area contributed by atoms with Crippen LogP contribution in [0.25, 0.3) is 0 Å². The maximum atomic E-state index is 12.5. The summed E-state index contributed by atoms with van der Waals surface area (Å²) in [4.78, 5) is 32.4. The van der Waals surface area contributed by atoms with Crippen LogP contribution < -0.4 is 15.2 Å². The molecule has 1 aliphatic rings. The van der Waals surface area contributed by atoms with Gasteiger partial charge in [-0.1, -0.05) is 11.3 Å². The molecule has 2 heterocycles. The van der Waals surface area contributed by atoms with E-state index in [2.05, 4.69) is 15.1 Å². The number of phenolic OH excluding ortho intramolecular Hbond substituents is 1. The summed E-state index contributed by atoms with van der Waals surface area (Å²) in [6.07, 6.45) is 0. The number of morpholine rings is 1. The van der Waals surface area contributed by atoms with Crippen LogP contribution >= 0.6 is 11.3 Å². The number of hydrazine groups is 1. The predicted molar refractivity (Wildman–Crippen MR) is 107 cm³/mol. The van der Waals surface area contributed by atoms with Crippen LogP contribution in [0.1, 0.15) is 25.7 Å². The number of nitrogens with zero attached hydrogens (tertiary/aromatic N) is 2. The first-order valence-electron chi connectivity index (χ1n) is 8.76. The number of esters is 1. The molecule has 30 heavy (non-hydrogen) atoms. The summed E-state index contributed by atoms with van der Waals surface area (Å²) >= 11 is 1.15. The summed E-state index contributed by atoms with van der Waals surface area (Å²) in [5.41, 5.74) is 2.29. The Morgan fingerprint density at radius 1 is 1.30 bits per heavy atom. The largest absolute Gasteiger partial charge is 0.507 e. The van der Waals surface area contributed by atoms with Gasteiger partial charge in [0.2, 0.25) is 0 Å². The highest BCUT2D eigenvalue weighted by Gasteiger charge is 2.23. The average Bonchev–Trinajstić information content (AvgIpc) is 3.14. The van der Waals surface area contributed by atoms with Gasteiger partial charge in [0.1, 0.15) is 16.2 Å². The van der Waals surface area contributed by atoms with Gasteiger partial charge in [-0.15, -0.1) is 4.83 Å². The number of benzene rings is 1. The van der Waals surface area contributed by atoms with Gasteiger partial charge in [0.25, 0.3) is 15.9 Å². The van der Waals surface area contributed by atoms with Crippen LogP contribution in [-0.2, 0) is 19.5 Å². The zero-order valence-electron chi connectivity index (χ0n) is 16.2. The van der Waals surface area contributed by atoms with Crippen molar-refractivity contribution in [3.05, 3.63) is 34.3 Å². The number of hydrogen-bond acceptors (Lipinski definition) is 10. The molecule has 1 aromatic carbocycles. The normalized spacial score (nSPS) is 14.4. The van der Waals surface area contributed by atoms with Crippen molar-refractivity contribution in [3.8, 4) is 5.75 Å². The van der Waals surface area contributed by atoms with Crippen LogP contribution in [0.3, 0.4) is 0 Å². The SMILES string of the molecule is COC(=O)c1cc(S(=O)(=O)NNC(=O)c2sc(N3CCOCC3)nc2C)ccc1O. The number of anilines is 1. The fourth-order valence-corrected chi connectivity index (χ4v) is 4.55. The number of thiazole rings is 1. The molecule has 162 valence electrons. The number of hydrogen-bond donors (Lipinski definition) is 3. The molecule has 1 aliphatic heterocycles. The number of amides is 1. The molecule has 3 N–H and O–H groups in total. The van der Waals surface area contributed by atoms with E-state index >= 15 is 0 Å². The third kappa shape index (κ3) is 4.70. The maximum Gasteiger partial charge on any atom is 0.341 e. The average molecular weight is 457 g/mol. The number of aromatic nitrogens is 1. The standard InChI is InChI=1S/C17H20N4O7S2/c1-10-14(29-17(18-10)21-5-7-28-8-6-21)15(23)19-20-30(25,26)11-3-4-13(22)12(9-11)16(24)27-2/h3-4,9,20,22H,5-8H2,1-2H3,(H,19,23). The van der Waals surface area contributed by atoms with Gasteiger partial charge in [-0.2, -0.15) is 0 Å². The molecule has 1 amide bonds. The van der Waals surface area contributed by atoms with Crippen molar-refractivity contribution in [3.63, 3.8) is 0 Å². The Morgan fingerprint density at radius 2 is 2.00 bits per heavy atom. The molecule has 1 fully saturated rings. The highest BCUT2D eigenvalue weighted by Crippen LogP contribution is 2.27. The van der Waals surface area contributed by atoms with E-state index < -0.39 is 27.6 Å². The first kappa shape index (κ1) is 22.0. The summed E-state index contributed by atoms with van der Waals surface area (Å²) in [6, 6.07) is 3.08. The Hall–Kier alpha value is -2.74. The zero-order chi connectivity index (χ0) is 21.9. The van der Waals surface area contributed by atoms with E-state index in [-0.39, 0.29) is 15.3 Å².